The Balaban J connectivity index is 1.57. The molecule has 3 rings (SSSR count). The summed E-state index contributed by atoms with van der Waals surface area (Å²) in [6, 6.07) is 13.0. The lowest BCUT2D eigenvalue weighted by Gasteiger charge is -2.33. The van der Waals surface area contributed by atoms with Gasteiger partial charge in [-0.1, -0.05) is 29.3 Å². The number of carbonyl (C=O) groups is 1. The summed E-state index contributed by atoms with van der Waals surface area (Å²) in [5.41, 5.74) is 2.60. The van der Waals surface area contributed by atoms with E-state index in [1.165, 1.54) is 0 Å². The van der Waals surface area contributed by atoms with Gasteiger partial charge in [0.05, 0.1) is 6.10 Å². The van der Waals surface area contributed by atoms with Gasteiger partial charge in [0.25, 0.3) is 5.91 Å². The molecule has 2 aromatic carbocycles. The summed E-state index contributed by atoms with van der Waals surface area (Å²) in [5, 5.41) is 4.02. The van der Waals surface area contributed by atoms with Crippen molar-refractivity contribution in [1.29, 1.82) is 0 Å². The number of amides is 1. The van der Waals surface area contributed by atoms with E-state index in [0.717, 1.165) is 37.2 Å². The normalized spacial score (nSPS) is 15.1. The van der Waals surface area contributed by atoms with Crippen LogP contribution in [0.2, 0.25) is 10.0 Å². The van der Waals surface area contributed by atoms with Crippen LogP contribution in [-0.4, -0.2) is 32.2 Å². The molecule has 1 aliphatic rings. The molecule has 1 saturated heterocycles. The van der Waals surface area contributed by atoms with Gasteiger partial charge in [0.2, 0.25) is 0 Å². The Morgan fingerprint density at radius 3 is 2.46 bits per heavy atom. The van der Waals surface area contributed by atoms with Crippen molar-refractivity contribution in [2.75, 3.05) is 25.1 Å². The van der Waals surface area contributed by atoms with Crippen LogP contribution >= 0.6 is 23.2 Å². The molecule has 0 aliphatic carbocycles. The van der Waals surface area contributed by atoms with Gasteiger partial charge in [-0.05, 0) is 54.8 Å². The minimum atomic E-state index is -0.124. The van der Waals surface area contributed by atoms with Gasteiger partial charge in [0, 0.05) is 48.0 Å². The Morgan fingerprint density at radius 1 is 1.15 bits per heavy atom. The van der Waals surface area contributed by atoms with Crippen molar-refractivity contribution in [2.45, 2.75) is 25.5 Å². The summed E-state index contributed by atoms with van der Waals surface area (Å²) >= 11 is 12.0. The quantitative estimate of drug-likeness (QED) is 0.811. The second-order valence-electron chi connectivity index (χ2n) is 6.39. The average Bonchev–Trinajstić information content (AvgIpc) is 2.67. The Bertz CT molecular complexity index is 757. The van der Waals surface area contributed by atoms with E-state index in [1.807, 2.05) is 30.3 Å². The first-order valence-electron chi connectivity index (χ1n) is 8.67. The van der Waals surface area contributed by atoms with Crippen LogP contribution in [0.1, 0.15) is 28.8 Å². The molecule has 1 N–H and O–H groups in total. The number of halogens is 2. The molecular formula is C20H22Cl2N2O2. The van der Waals surface area contributed by atoms with Crippen LogP contribution in [0.4, 0.5) is 5.69 Å². The molecule has 0 saturated carbocycles. The summed E-state index contributed by atoms with van der Waals surface area (Å²) in [7, 11) is 1.77. The maximum Gasteiger partial charge on any atom is 0.251 e. The first-order chi connectivity index (χ1) is 12.6. The highest BCUT2D eigenvalue weighted by Gasteiger charge is 2.19. The van der Waals surface area contributed by atoms with E-state index in [4.69, 9.17) is 27.9 Å². The van der Waals surface area contributed by atoms with Gasteiger partial charge in [0.1, 0.15) is 0 Å². The number of rotatable bonds is 5. The third-order valence-corrected chi connectivity index (χ3v) is 5.31. The standard InChI is InChI=1S/C20H22Cl2N2O2/c1-26-18-8-10-24(11-9-18)17-6-3-14(4-7-17)20(25)23-13-15-2-5-16(21)12-19(15)22/h2-7,12,18H,8-11,13H2,1H3,(H,23,25). The second kappa shape index (κ2) is 8.76. The van der Waals surface area contributed by atoms with Gasteiger partial charge in [0.15, 0.2) is 0 Å². The lowest BCUT2D eigenvalue weighted by atomic mass is 10.1. The summed E-state index contributed by atoms with van der Waals surface area (Å²) in [5.74, 6) is -0.124. The van der Waals surface area contributed by atoms with Crippen LogP contribution < -0.4 is 10.2 Å². The monoisotopic (exact) mass is 392 g/mol. The molecule has 0 unspecified atom stereocenters. The molecule has 0 bridgehead atoms. The summed E-state index contributed by atoms with van der Waals surface area (Å²) < 4.78 is 5.41. The van der Waals surface area contributed by atoms with Gasteiger partial charge >= 0.3 is 0 Å². The summed E-state index contributed by atoms with van der Waals surface area (Å²) in [6.45, 7) is 2.30. The van der Waals surface area contributed by atoms with Crippen LogP contribution in [0.3, 0.4) is 0 Å². The zero-order chi connectivity index (χ0) is 18.5. The smallest absolute Gasteiger partial charge is 0.251 e. The predicted octanol–water partition coefficient (Wildman–Crippen LogP) is 4.54. The van der Waals surface area contributed by atoms with Gasteiger partial charge in [-0.3, -0.25) is 4.79 Å². The number of nitrogens with zero attached hydrogens (tertiary/aromatic N) is 1. The Labute approximate surface area is 164 Å². The van der Waals surface area contributed by atoms with E-state index in [2.05, 4.69) is 10.2 Å². The van der Waals surface area contributed by atoms with Crippen LogP contribution in [-0.2, 0) is 11.3 Å². The van der Waals surface area contributed by atoms with E-state index in [9.17, 15) is 4.79 Å². The molecule has 2 aromatic rings. The van der Waals surface area contributed by atoms with E-state index in [0.29, 0.717) is 28.3 Å². The predicted molar refractivity (Wildman–Crippen MR) is 106 cm³/mol. The molecule has 1 heterocycles. The van der Waals surface area contributed by atoms with Crippen molar-refractivity contribution in [3.63, 3.8) is 0 Å². The van der Waals surface area contributed by atoms with E-state index >= 15 is 0 Å². The van der Waals surface area contributed by atoms with Crippen molar-refractivity contribution in [2.24, 2.45) is 0 Å². The van der Waals surface area contributed by atoms with Crippen molar-refractivity contribution < 1.29 is 9.53 Å². The fraction of sp³-hybridized carbons (Fsp3) is 0.350. The first-order valence-corrected chi connectivity index (χ1v) is 9.42. The lowest BCUT2D eigenvalue weighted by molar-refractivity contribution is 0.0819. The highest BCUT2D eigenvalue weighted by atomic mass is 35.5. The third kappa shape index (κ3) is 4.70. The first kappa shape index (κ1) is 19.0. The lowest BCUT2D eigenvalue weighted by Crippen LogP contribution is -2.36. The molecule has 4 nitrogen and oxygen atoms in total. The zero-order valence-electron chi connectivity index (χ0n) is 14.7. The zero-order valence-corrected chi connectivity index (χ0v) is 16.2. The van der Waals surface area contributed by atoms with Crippen molar-refractivity contribution >= 4 is 34.8 Å². The van der Waals surface area contributed by atoms with Gasteiger partial charge in [-0.2, -0.15) is 0 Å². The molecule has 6 heteroatoms. The van der Waals surface area contributed by atoms with Crippen molar-refractivity contribution in [3.8, 4) is 0 Å². The van der Waals surface area contributed by atoms with E-state index < -0.39 is 0 Å². The molecule has 26 heavy (non-hydrogen) atoms. The average molecular weight is 393 g/mol. The minimum absolute atomic E-state index is 0.124. The largest absolute Gasteiger partial charge is 0.381 e. The fourth-order valence-electron chi connectivity index (χ4n) is 3.12. The van der Waals surface area contributed by atoms with Crippen LogP contribution in [0, 0.1) is 0 Å². The Morgan fingerprint density at radius 2 is 1.85 bits per heavy atom. The maximum absolute atomic E-state index is 12.4. The highest BCUT2D eigenvalue weighted by molar-refractivity contribution is 6.35. The number of ether oxygens (including phenoxy) is 1. The molecule has 1 aliphatic heterocycles. The topological polar surface area (TPSA) is 41.6 Å². The number of benzene rings is 2. The minimum Gasteiger partial charge on any atom is -0.381 e. The molecule has 1 amide bonds. The van der Waals surface area contributed by atoms with E-state index in [-0.39, 0.29) is 5.91 Å². The Hall–Kier alpha value is -1.75. The number of methoxy groups -OCH3 is 1. The number of carbonyl (C=O) groups excluding carboxylic acids is 1. The number of hydrogen-bond acceptors (Lipinski definition) is 3. The Kier molecular flexibility index (Phi) is 6.41. The molecule has 0 spiro atoms. The fourth-order valence-corrected chi connectivity index (χ4v) is 3.59. The molecule has 0 atom stereocenters. The second-order valence-corrected chi connectivity index (χ2v) is 7.23. The van der Waals surface area contributed by atoms with Crippen LogP contribution in [0.15, 0.2) is 42.5 Å². The van der Waals surface area contributed by atoms with Gasteiger partial charge < -0.3 is 15.0 Å². The summed E-state index contributed by atoms with van der Waals surface area (Å²) in [4.78, 5) is 14.7. The van der Waals surface area contributed by atoms with Crippen molar-refractivity contribution in [3.05, 3.63) is 63.6 Å². The maximum atomic E-state index is 12.4. The SMILES string of the molecule is COC1CCN(c2ccc(C(=O)NCc3ccc(Cl)cc3Cl)cc2)CC1. The van der Waals surface area contributed by atoms with Crippen LogP contribution in [0.5, 0.6) is 0 Å². The van der Waals surface area contributed by atoms with Gasteiger partial charge in [-0.15, -0.1) is 0 Å². The number of piperidine rings is 1. The number of nitrogens with one attached hydrogen (secondary N) is 1. The van der Waals surface area contributed by atoms with Gasteiger partial charge in [-0.25, -0.2) is 0 Å². The van der Waals surface area contributed by atoms with Crippen LogP contribution in [0.25, 0.3) is 0 Å². The molecule has 0 radical (unpaired) electrons. The molecule has 138 valence electrons. The van der Waals surface area contributed by atoms with Crippen molar-refractivity contribution in [1.82, 2.24) is 5.32 Å². The molecule has 1 fully saturated rings. The van der Waals surface area contributed by atoms with E-state index in [1.54, 1.807) is 19.2 Å². The molecular weight excluding hydrogens is 371 g/mol. The highest BCUT2D eigenvalue weighted by Crippen LogP contribution is 2.22. The summed E-state index contributed by atoms with van der Waals surface area (Å²) in [6.07, 6.45) is 2.41. The number of hydrogen-bond donors (Lipinski definition) is 1. The third-order valence-electron chi connectivity index (χ3n) is 4.72. The molecule has 0 aromatic heterocycles. The number of anilines is 1.